The SMILES string of the molecule is O=C(CC(O)C(=O)O)c1c[nH]c2ccc(Cl)cc12. The highest BCUT2D eigenvalue weighted by atomic mass is 35.5. The number of rotatable bonds is 4. The molecule has 0 amide bonds. The summed E-state index contributed by atoms with van der Waals surface area (Å²) in [5, 5.41) is 18.8. The molecular weight excluding hydrogens is 258 g/mol. The van der Waals surface area contributed by atoms with Crippen LogP contribution in [0.2, 0.25) is 5.02 Å². The van der Waals surface area contributed by atoms with Gasteiger partial charge in [-0.25, -0.2) is 4.79 Å². The maximum Gasteiger partial charge on any atom is 0.332 e. The van der Waals surface area contributed by atoms with Crippen molar-refractivity contribution in [3.63, 3.8) is 0 Å². The Balaban J connectivity index is 2.33. The monoisotopic (exact) mass is 267 g/mol. The fourth-order valence-corrected chi connectivity index (χ4v) is 1.87. The lowest BCUT2D eigenvalue weighted by Crippen LogP contribution is -2.23. The van der Waals surface area contributed by atoms with Crippen LogP contribution < -0.4 is 0 Å². The summed E-state index contributed by atoms with van der Waals surface area (Å²) in [5.74, 6) is -1.86. The topological polar surface area (TPSA) is 90.4 Å². The lowest BCUT2D eigenvalue weighted by molar-refractivity contribution is -0.146. The van der Waals surface area contributed by atoms with E-state index in [1.807, 2.05) is 0 Å². The third-order valence-corrected chi connectivity index (χ3v) is 2.84. The summed E-state index contributed by atoms with van der Waals surface area (Å²) in [6, 6.07) is 5.02. The number of benzene rings is 1. The number of aliphatic hydroxyl groups is 1. The lowest BCUT2D eigenvalue weighted by atomic mass is 10.0. The third-order valence-electron chi connectivity index (χ3n) is 2.61. The van der Waals surface area contributed by atoms with Gasteiger partial charge in [0.25, 0.3) is 0 Å². The van der Waals surface area contributed by atoms with Crippen molar-refractivity contribution in [1.29, 1.82) is 0 Å². The predicted molar refractivity (Wildman–Crippen MR) is 65.9 cm³/mol. The molecule has 2 rings (SSSR count). The number of hydrogen-bond donors (Lipinski definition) is 3. The number of Topliss-reactive ketones (excluding diaryl/α,β-unsaturated/α-hetero) is 1. The molecule has 0 radical (unpaired) electrons. The van der Waals surface area contributed by atoms with E-state index in [1.165, 1.54) is 6.20 Å². The van der Waals surface area contributed by atoms with E-state index in [0.29, 0.717) is 16.0 Å². The lowest BCUT2D eigenvalue weighted by Gasteiger charge is -2.03. The number of hydrogen-bond acceptors (Lipinski definition) is 3. The molecule has 94 valence electrons. The normalized spacial score (nSPS) is 12.6. The largest absolute Gasteiger partial charge is 0.479 e. The van der Waals surface area contributed by atoms with Crippen molar-refractivity contribution in [2.45, 2.75) is 12.5 Å². The van der Waals surface area contributed by atoms with Crippen molar-refractivity contribution >= 4 is 34.3 Å². The number of nitrogens with one attached hydrogen (secondary N) is 1. The zero-order valence-corrected chi connectivity index (χ0v) is 9.94. The number of aliphatic hydroxyl groups excluding tert-OH is 1. The number of aromatic nitrogens is 1. The van der Waals surface area contributed by atoms with Crippen molar-refractivity contribution in [1.82, 2.24) is 4.98 Å². The van der Waals surface area contributed by atoms with Gasteiger partial charge in [0.15, 0.2) is 11.9 Å². The Labute approximate surface area is 107 Å². The van der Waals surface area contributed by atoms with Gasteiger partial charge >= 0.3 is 5.97 Å². The average molecular weight is 268 g/mol. The van der Waals surface area contributed by atoms with Gasteiger partial charge in [-0.1, -0.05) is 11.6 Å². The average Bonchev–Trinajstić information content (AvgIpc) is 2.71. The zero-order valence-electron chi connectivity index (χ0n) is 9.18. The van der Waals surface area contributed by atoms with Gasteiger partial charge in [0.05, 0.1) is 0 Å². The number of carbonyl (C=O) groups is 2. The quantitative estimate of drug-likeness (QED) is 0.737. The van der Waals surface area contributed by atoms with Crippen molar-refractivity contribution < 1.29 is 19.8 Å². The molecule has 0 saturated carbocycles. The Morgan fingerprint density at radius 2 is 2.11 bits per heavy atom. The van der Waals surface area contributed by atoms with Crippen LogP contribution in [0.15, 0.2) is 24.4 Å². The van der Waals surface area contributed by atoms with Crippen LogP contribution in [0, 0.1) is 0 Å². The highest BCUT2D eigenvalue weighted by Crippen LogP contribution is 2.23. The first-order valence-corrected chi connectivity index (χ1v) is 5.57. The Morgan fingerprint density at radius 3 is 2.78 bits per heavy atom. The molecule has 5 nitrogen and oxygen atoms in total. The number of carboxylic acid groups (broad SMARTS) is 1. The maximum atomic E-state index is 11.9. The first kappa shape index (κ1) is 12.6. The van der Waals surface area contributed by atoms with Crippen LogP contribution in [0.4, 0.5) is 0 Å². The number of aromatic amines is 1. The van der Waals surface area contributed by atoms with Crippen LogP contribution in [0.1, 0.15) is 16.8 Å². The van der Waals surface area contributed by atoms with Crippen LogP contribution in [0.25, 0.3) is 10.9 Å². The molecule has 1 atom stereocenters. The number of fused-ring (bicyclic) bond motifs is 1. The zero-order chi connectivity index (χ0) is 13.3. The molecule has 1 heterocycles. The minimum absolute atomic E-state index is 0.327. The van der Waals surface area contributed by atoms with E-state index in [9.17, 15) is 9.59 Å². The molecule has 0 aliphatic heterocycles. The molecule has 0 spiro atoms. The van der Waals surface area contributed by atoms with E-state index < -0.39 is 24.3 Å². The number of carbonyl (C=O) groups excluding carboxylic acids is 1. The second-order valence-electron chi connectivity index (χ2n) is 3.87. The Hall–Kier alpha value is -1.85. The molecule has 0 saturated heterocycles. The molecule has 1 unspecified atom stereocenters. The molecule has 0 bridgehead atoms. The summed E-state index contributed by atoms with van der Waals surface area (Å²) in [7, 11) is 0. The molecule has 0 fully saturated rings. The third kappa shape index (κ3) is 2.37. The molecule has 18 heavy (non-hydrogen) atoms. The van der Waals surface area contributed by atoms with Gasteiger partial charge in [-0.2, -0.15) is 0 Å². The Morgan fingerprint density at radius 1 is 1.39 bits per heavy atom. The van der Waals surface area contributed by atoms with Crippen molar-refractivity contribution in [2.24, 2.45) is 0 Å². The van der Waals surface area contributed by atoms with Gasteiger partial charge in [0.2, 0.25) is 0 Å². The van der Waals surface area contributed by atoms with Gasteiger partial charge in [0.1, 0.15) is 0 Å². The number of halogens is 1. The number of H-pyrrole nitrogens is 1. The molecule has 2 aromatic rings. The fraction of sp³-hybridized carbons (Fsp3) is 0.167. The summed E-state index contributed by atoms with van der Waals surface area (Å²) in [6.45, 7) is 0. The van der Waals surface area contributed by atoms with Crippen molar-refractivity contribution in [3.05, 3.63) is 35.0 Å². The standard InChI is InChI=1S/C12H10ClNO4/c13-6-1-2-9-7(3-6)8(5-14-9)10(15)4-11(16)12(17)18/h1-3,5,11,14,16H,4H2,(H,17,18). The van der Waals surface area contributed by atoms with Crippen LogP contribution in [0.3, 0.4) is 0 Å². The fourth-order valence-electron chi connectivity index (χ4n) is 1.70. The van der Waals surface area contributed by atoms with E-state index >= 15 is 0 Å². The molecule has 0 aliphatic carbocycles. The Kier molecular flexibility index (Phi) is 3.36. The first-order valence-electron chi connectivity index (χ1n) is 5.19. The molecule has 1 aromatic carbocycles. The molecule has 6 heteroatoms. The summed E-state index contributed by atoms with van der Waals surface area (Å²) >= 11 is 5.84. The second kappa shape index (κ2) is 4.80. The molecule has 0 aliphatic rings. The van der Waals surface area contributed by atoms with E-state index in [-0.39, 0.29) is 0 Å². The summed E-state index contributed by atoms with van der Waals surface area (Å²) < 4.78 is 0. The highest BCUT2D eigenvalue weighted by molar-refractivity contribution is 6.31. The van der Waals surface area contributed by atoms with Crippen LogP contribution in [-0.4, -0.2) is 33.1 Å². The maximum absolute atomic E-state index is 11.9. The number of carboxylic acids is 1. The minimum Gasteiger partial charge on any atom is -0.479 e. The molecule has 1 aromatic heterocycles. The van der Waals surface area contributed by atoms with Crippen LogP contribution in [0.5, 0.6) is 0 Å². The van der Waals surface area contributed by atoms with Crippen molar-refractivity contribution in [3.8, 4) is 0 Å². The minimum atomic E-state index is -1.69. The summed E-state index contributed by atoms with van der Waals surface area (Å²) in [4.78, 5) is 25.2. The van der Waals surface area contributed by atoms with E-state index in [1.54, 1.807) is 18.2 Å². The van der Waals surface area contributed by atoms with Gasteiger partial charge in [0, 0.05) is 34.1 Å². The van der Waals surface area contributed by atoms with Gasteiger partial charge in [-0.3, -0.25) is 4.79 Å². The van der Waals surface area contributed by atoms with Gasteiger partial charge in [-0.05, 0) is 18.2 Å². The first-order chi connectivity index (χ1) is 8.49. The van der Waals surface area contributed by atoms with Crippen molar-refractivity contribution in [2.75, 3.05) is 0 Å². The smallest absolute Gasteiger partial charge is 0.332 e. The molecular formula is C12H10ClNO4. The molecule has 3 N–H and O–H groups in total. The predicted octanol–water partition coefficient (Wildman–Crippen LogP) is 1.84. The summed E-state index contributed by atoms with van der Waals surface area (Å²) in [5.41, 5.74) is 1.06. The number of ketones is 1. The van der Waals surface area contributed by atoms with Crippen LogP contribution >= 0.6 is 11.6 Å². The summed E-state index contributed by atoms with van der Waals surface area (Å²) in [6.07, 6.45) is -0.672. The van der Waals surface area contributed by atoms with Gasteiger partial charge in [-0.15, -0.1) is 0 Å². The van der Waals surface area contributed by atoms with Gasteiger partial charge < -0.3 is 15.2 Å². The number of aliphatic carboxylic acids is 1. The van der Waals surface area contributed by atoms with E-state index in [2.05, 4.69) is 4.98 Å². The van der Waals surface area contributed by atoms with E-state index in [0.717, 1.165) is 5.52 Å². The second-order valence-corrected chi connectivity index (χ2v) is 4.31. The van der Waals surface area contributed by atoms with E-state index in [4.69, 9.17) is 21.8 Å². The Bertz CT molecular complexity index is 620. The van der Waals surface area contributed by atoms with Crippen LogP contribution in [-0.2, 0) is 4.79 Å². The highest BCUT2D eigenvalue weighted by Gasteiger charge is 2.20.